The van der Waals surface area contributed by atoms with Crippen LogP contribution in [0.2, 0.25) is 0 Å². The third kappa shape index (κ3) is 3.61. The van der Waals surface area contributed by atoms with Crippen LogP contribution >= 0.6 is 12.2 Å². The third-order valence-corrected chi connectivity index (χ3v) is 3.14. The van der Waals surface area contributed by atoms with Gasteiger partial charge >= 0.3 is 0 Å². The molecule has 0 saturated carbocycles. The van der Waals surface area contributed by atoms with Gasteiger partial charge in [-0.05, 0) is 31.2 Å². The minimum absolute atomic E-state index is 0.334. The van der Waals surface area contributed by atoms with Gasteiger partial charge in [0.05, 0.1) is 19.9 Å². The summed E-state index contributed by atoms with van der Waals surface area (Å²) in [6.45, 7) is 1.88. The molecule has 21 heavy (non-hydrogen) atoms. The first-order valence-corrected chi connectivity index (χ1v) is 6.72. The van der Waals surface area contributed by atoms with Crippen molar-refractivity contribution in [3.63, 3.8) is 0 Å². The number of thiocarbonyl (C=S) groups is 1. The molecular weight excluding hydrogens is 286 g/mol. The number of methoxy groups -OCH3 is 2. The molecule has 0 spiro atoms. The number of aromatic nitrogens is 1. The van der Waals surface area contributed by atoms with E-state index in [4.69, 9.17) is 27.4 Å². The van der Waals surface area contributed by atoms with Crippen LogP contribution in [0.1, 0.15) is 11.3 Å². The molecule has 0 bridgehead atoms. The van der Waals surface area contributed by atoms with Crippen molar-refractivity contribution in [2.75, 3.05) is 19.5 Å². The zero-order valence-electron chi connectivity index (χ0n) is 12.1. The maximum absolute atomic E-state index is 5.68. The Morgan fingerprint density at radius 2 is 1.95 bits per heavy atom. The molecule has 0 aliphatic rings. The van der Waals surface area contributed by atoms with Crippen molar-refractivity contribution in [2.24, 2.45) is 5.73 Å². The number of ether oxygens (including phenoxy) is 2. The highest BCUT2D eigenvalue weighted by Crippen LogP contribution is 2.31. The SMILES string of the molecule is COc1ccc(OC)c(Nc2cc(C(N)=S)cc(C)n2)c1. The van der Waals surface area contributed by atoms with Crippen LogP contribution in [0.3, 0.4) is 0 Å². The summed E-state index contributed by atoms with van der Waals surface area (Å²) >= 11 is 5.01. The number of hydrogen-bond donors (Lipinski definition) is 2. The summed E-state index contributed by atoms with van der Waals surface area (Å²) in [6, 6.07) is 9.13. The number of benzene rings is 1. The van der Waals surface area contributed by atoms with Crippen LogP contribution in [0.25, 0.3) is 0 Å². The van der Waals surface area contributed by atoms with E-state index in [2.05, 4.69) is 10.3 Å². The smallest absolute Gasteiger partial charge is 0.142 e. The molecule has 0 unspecified atom stereocenters. The number of nitrogens with one attached hydrogen (secondary N) is 1. The Bertz CT molecular complexity index is 674. The fourth-order valence-corrected chi connectivity index (χ4v) is 2.04. The lowest BCUT2D eigenvalue weighted by Gasteiger charge is -2.13. The maximum Gasteiger partial charge on any atom is 0.142 e. The van der Waals surface area contributed by atoms with Gasteiger partial charge in [0.25, 0.3) is 0 Å². The van der Waals surface area contributed by atoms with E-state index in [1.165, 1.54) is 0 Å². The lowest BCUT2D eigenvalue weighted by molar-refractivity contribution is 0.405. The van der Waals surface area contributed by atoms with Crippen molar-refractivity contribution < 1.29 is 9.47 Å². The monoisotopic (exact) mass is 303 g/mol. The largest absolute Gasteiger partial charge is 0.497 e. The summed E-state index contributed by atoms with van der Waals surface area (Å²) in [7, 11) is 3.22. The van der Waals surface area contributed by atoms with Gasteiger partial charge in [0, 0.05) is 17.3 Å². The van der Waals surface area contributed by atoms with Crippen molar-refractivity contribution in [1.82, 2.24) is 4.98 Å². The quantitative estimate of drug-likeness (QED) is 0.828. The normalized spacial score (nSPS) is 10.0. The van der Waals surface area contributed by atoms with Gasteiger partial charge in [-0.2, -0.15) is 0 Å². The second-order valence-corrected chi connectivity index (χ2v) is 4.88. The predicted octanol–water partition coefficient (Wildman–Crippen LogP) is 2.79. The van der Waals surface area contributed by atoms with E-state index < -0.39 is 0 Å². The lowest BCUT2D eigenvalue weighted by Crippen LogP contribution is -2.11. The Kier molecular flexibility index (Phi) is 4.59. The van der Waals surface area contributed by atoms with Crippen molar-refractivity contribution in [1.29, 1.82) is 0 Å². The van der Waals surface area contributed by atoms with Crippen LogP contribution in [0, 0.1) is 6.92 Å². The van der Waals surface area contributed by atoms with Gasteiger partial charge < -0.3 is 20.5 Å². The van der Waals surface area contributed by atoms with Gasteiger partial charge in [0.1, 0.15) is 22.3 Å². The van der Waals surface area contributed by atoms with Crippen molar-refractivity contribution in [2.45, 2.75) is 6.92 Å². The maximum atomic E-state index is 5.68. The Labute approximate surface area is 129 Å². The van der Waals surface area contributed by atoms with Crippen LogP contribution in [0.4, 0.5) is 11.5 Å². The van der Waals surface area contributed by atoms with E-state index in [1.807, 2.05) is 31.2 Å². The minimum atomic E-state index is 0.334. The fraction of sp³-hybridized carbons (Fsp3) is 0.200. The average molecular weight is 303 g/mol. The number of nitrogens with two attached hydrogens (primary N) is 1. The Morgan fingerprint density at radius 3 is 2.57 bits per heavy atom. The van der Waals surface area contributed by atoms with E-state index >= 15 is 0 Å². The Morgan fingerprint density at radius 1 is 1.19 bits per heavy atom. The zero-order valence-corrected chi connectivity index (χ0v) is 13.0. The Hall–Kier alpha value is -2.34. The lowest BCUT2D eigenvalue weighted by atomic mass is 10.2. The van der Waals surface area contributed by atoms with Crippen molar-refractivity contribution in [3.05, 3.63) is 41.6 Å². The van der Waals surface area contributed by atoms with Gasteiger partial charge in [0.15, 0.2) is 0 Å². The topological polar surface area (TPSA) is 69.4 Å². The molecule has 0 amide bonds. The molecule has 1 aromatic heterocycles. The first-order chi connectivity index (χ1) is 10.0. The molecule has 0 fully saturated rings. The molecule has 1 heterocycles. The van der Waals surface area contributed by atoms with E-state index in [0.717, 1.165) is 22.7 Å². The molecule has 6 heteroatoms. The Balaban J connectivity index is 2.39. The molecule has 0 radical (unpaired) electrons. The number of anilines is 2. The molecule has 0 saturated heterocycles. The van der Waals surface area contributed by atoms with Gasteiger partial charge in [-0.1, -0.05) is 12.2 Å². The standard InChI is InChI=1S/C15H17N3O2S/c1-9-6-10(15(16)21)7-14(17-9)18-12-8-11(19-2)4-5-13(12)20-3/h4-8H,1-3H3,(H2,16,21)(H,17,18). The fourth-order valence-electron chi connectivity index (χ4n) is 1.92. The van der Waals surface area contributed by atoms with Gasteiger partial charge in [-0.15, -0.1) is 0 Å². The summed E-state index contributed by atoms with van der Waals surface area (Å²) in [5.74, 6) is 2.06. The zero-order chi connectivity index (χ0) is 15.4. The number of nitrogens with zero attached hydrogens (tertiary/aromatic N) is 1. The van der Waals surface area contributed by atoms with Gasteiger partial charge in [-0.25, -0.2) is 4.98 Å². The van der Waals surface area contributed by atoms with Crippen molar-refractivity contribution >= 4 is 28.7 Å². The highest BCUT2D eigenvalue weighted by molar-refractivity contribution is 7.80. The van der Waals surface area contributed by atoms with Crippen LogP contribution in [-0.4, -0.2) is 24.2 Å². The van der Waals surface area contributed by atoms with E-state index in [0.29, 0.717) is 16.6 Å². The second-order valence-electron chi connectivity index (χ2n) is 4.44. The average Bonchev–Trinajstić information content (AvgIpc) is 2.46. The molecular formula is C15H17N3O2S. The molecule has 110 valence electrons. The number of aryl methyl sites for hydroxylation is 1. The van der Waals surface area contributed by atoms with E-state index in [-0.39, 0.29) is 0 Å². The first kappa shape index (κ1) is 15.1. The molecule has 5 nitrogen and oxygen atoms in total. The highest BCUT2D eigenvalue weighted by atomic mass is 32.1. The molecule has 0 aliphatic carbocycles. The number of pyridine rings is 1. The molecule has 0 aliphatic heterocycles. The summed E-state index contributed by atoms with van der Waals surface area (Å²) < 4.78 is 10.5. The summed E-state index contributed by atoms with van der Waals surface area (Å²) in [4.78, 5) is 4.75. The van der Waals surface area contributed by atoms with Crippen LogP contribution < -0.4 is 20.5 Å². The molecule has 2 rings (SSSR count). The third-order valence-electron chi connectivity index (χ3n) is 2.91. The molecule has 3 N–H and O–H groups in total. The van der Waals surface area contributed by atoms with Crippen LogP contribution in [0.5, 0.6) is 11.5 Å². The van der Waals surface area contributed by atoms with E-state index in [1.54, 1.807) is 20.3 Å². The predicted molar refractivity (Wildman–Crippen MR) is 87.7 cm³/mol. The number of hydrogen-bond acceptors (Lipinski definition) is 5. The first-order valence-electron chi connectivity index (χ1n) is 6.31. The van der Waals surface area contributed by atoms with Crippen LogP contribution in [0.15, 0.2) is 30.3 Å². The minimum Gasteiger partial charge on any atom is -0.497 e. The highest BCUT2D eigenvalue weighted by Gasteiger charge is 2.08. The summed E-state index contributed by atoms with van der Waals surface area (Å²) in [5, 5.41) is 3.20. The summed E-state index contributed by atoms with van der Waals surface area (Å²) in [5.41, 5.74) is 8.02. The van der Waals surface area contributed by atoms with Crippen molar-refractivity contribution in [3.8, 4) is 11.5 Å². The summed E-state index contributed by atoms with van der Waals surface area (Å²) in [6.07, 6.45) is 0. The molecule has 2 aromatic rings. The number of rotatable bonds is 5. The van der Waals surface area contributed by atoms with Gasteiger partial charge in [0.2, 0.25) is 0 Å². The molecule has 1 aromatic carbocycles. The van der Waals surface area contributed by atoms with E-state index in [9.17, 15) is 0 Å². The second kappa shape index (κ2) is 6.41. The van der Waals surface area contributed by atoms with Crippen LogP contribution in [-0.2, 0) is 0 Å². The van der Waals surface area contributed by atoms with Gasteiger partial charge in [-0.3, -0.25) is 0 Å². The molecule has 0 atom stereocenters.